The van der Waals surface area contributed by atoms with Crippen molar-refractivity contribution < 1.29 is 8.42 Å². The Balaban J connectivity index is 1.16. The molecule has 5 rings (SSSR count). The monoisotopic (exact) mass is 495 g/mol. The molecule has 2 aromatic heterocycles. The van der Waals surface area contributed by atoms with Crippen LogP contribution in [-0.2, 0) is 29.7 Å². The minimum Gasteiger partial charge on any atom is -0.361 e. The average molecular weight is 496 g/mol. The van der Waals surface area contributed by atoms with Crippen molar-refractivity contribution in [2.24, 2.45) is 7.05 Å². The van der Waals surface area contributed by atoms with Crippen molar-refractivity contribution >= 4 is 32.5 Å². The third-order valence-corrected chi connectivity index (χ3v) is 8.74. The lowest BCUT2D eigenvalue weighted by Gasteiger charge is -2.19. The lowest BCUT2D eigenvalue weighted by Crippen LogP contribution is -2.27. The largest absolute Gasteiger partial charge is 0.361 e. The number of nitrogens with one attached hydrogen (secondary N) is 1. The predicted octanol–water partition coefficient (Wildman–Crippen LogP) is 3.95. The molecule has 0 spiro atoms. The fourth-order valence-corrected chi connectivity index (χ4v) is 6.12. The molecule has 0 saturated heterocycles. The van der Waals surface area contributed by atoms with Crippen molar-refractivity contribution in [1.82, 2.24) is 24.6 Å². The number of hydrogen-bond acceptors (Lipinski definition) is 6. The van der Waals surface area contributed by atoms with Crippen LogP contribution in [0.3, 0.4) is 0 Å². The Labute approximate surface area is 204 Å². The molecule has 4 aromatic rings. The molecule has 0 amide bonds. The summed E-state index contributed by atoms with van der Waals surface area (Å²) >= 11 is 1.74. The quantitative estimate of drug-likeness (QED) is 0.309. The Morgan fingerprint density at radius 3 is 2.71 bits per heavy atom. The zero-order valence-corrected chi connectivity index (χ0v) is 21.1. The number of sulfone groups is 1. The molecule has 2 aromatic carbocycles. The van der Waals surface area contributed by atoms with E-state index in [0.29, 0.717) is 4.90 Å². The summed E-state index contributed by atoms with van der Waals surface area (Å²) in [6.07, 6.45) is 6.14. The van der Waals surface area contributed by atoms with Gasteiger partial charge in [-0.2, -0.15) is 0 Å². The Morgan fingerprint density at radius 2 is 1.88 bits per heavy atom. The normalized spacial score (nSPS) is 14.9. The second-order valence-electron chi connectivity index (χ2n) is 8.86. The highest BCUT2D eigenvalue weighted by Crippen LogP contribution is 2.29. The average Bonchev–Trinajstić information content (AvgIpc) is 3.38. The second kappa shape index (κ2) is 9.56. The Hall–Kier alpha value is -2.62. The molecule has 3 heterocycles. The molecule has 34 heavy (non-hydrogen) atoms. The molecule has 0 fully saturated rings. The number of aromatic amines is 1. The highest BCUT2D eigenvalue weighted by Gasteiger charge is 2.17. The SMILES string of the molecule is Cn1c(SCCCN2CCc3ccc(S(C)(=O)=O)cc3CC2)nnc1-c1cccc2[nH]ccc12. The second-order valence-corrected chi connectivity index (χ2v) is 11.9. The molecule has 1 N–H and O–H groups in total. The molecule has 0 radical (unpaired) electrons. The van der Waals surface area contributed by atoms with Gasteiger partial charge in [-0.05, 0) is 61.2 Å². The maximum absolute atomic E-state index is 11.9. The molecule has 0 atom stereocenters. The third-order valence-electron chi connectivity index (χ3n) is 6.52. The van der Waals surface area contributed by atoms with Gasteiger partial charge < -0.3 is 14.5 Å². The summed E-state index contributed by atoms with van der Waals surface area (Å²) in [6, 6.07) is 13.9. The van der Waals surface area contributed by atoms with Crippen molar-refractivity contribution in [3.8, 4) is 11.4 Å². The first-order chi connectivity index (χ1) is 16.4. The highest BCUT2D eigenvalue weighted by atomic mass is 32.2. The number of thioether (sulfide) groups is 1. The number of rotatable bonds is 7. The lowest BCUT2D eigenvalue weighted by atomic mass is 10.0. The summed E-state index contributed by atoms with van der Waals surface area (Å²) in [5.41, 5.74) is 4.63. The van der Waals surface area contributed by atoms with Gasteiger partial charge in [0.15, 0.2) is 20.8 Å². The first-order valence-electron chi connectivity index (χ1n) is 11.5. The first-order valence-corrected chi connectivity index (χ1v) is 14.4. The minimum atomic E-state index is -3.16. The summed E-state index contributed by atoms with van der Waals surface area (Å²) in [6.45, 7) is 2.98. The van der Waals surface area contributed by atoms with Gasteiger partial charge >= 0.3 is 0 Å². The summed E-state index contributed by atoms with van der Waals surface area (Å²) in [5.74, 6) is 1.86. The summed E-state index contributed by atoms with van der Waals surface area (Å²) < 4.78 is 25.9. The summed E-state index contributed by atoms with van der Waals surface area (Å²) in [7, 11) is -1.14. The zero-order valence-electron chi connectivity index (χ0n) is 19.5. The van der Waals surface area contributed by atoms with E-state index in [4.69, 9.17) is 0 Å². The van der Waals surface area contributed by atoms with Gasteiger partial charge in [0.25, 0.3) is 0 Å². The molecular weight excluding hydrogens is 466 g/mol. The molecular formula is C25H29N5O2S2. The van der Waals surface area contributed by atoms with Crippen molar-refractivity contribution in [3.05, 3.63) is 59.8 Å². The van der Waals surface area contributed by atoms with Crippen molar-refractivity contribution in [2.45, 2.75) is 29.3 Å². The van der Waals surface area contributed by atoms with Crippen LogP contribution in [0.5, 0.6) is 0 Å². The minimum absolute atomic E-state index is 0.423. The fourth-order valence-electron chi connectivity index (χ4n) is 4.61. The van der Waals surface area contributed by atoms with E-state index in [2.05, 4.69) is 42.8 Å². The van der Waals surface area contributed by atoms with Crippen LogP contribution in [0.25, 0.3) is 22.3 Å². The maximum atomic E-state index is 11.9. The van der Waals surface area contributed by atoms with Crippen LogP contribution >= 0.6 is 11.8 Å². The van der Waals surface area contributed by atoms with Gasteiger partial charge in [-0.3, -0.25) is 0 Å². The number of H-pyrrole nitrogens is 1. The molecule has 0 aliphatic carbocycles. The standard InChI is InChI=1S/C25H29N5O2S2/c1-29-24(22-5-3-6-23-21(22)9-12-26-23)27-28-25(29)33-16-4-13-30-14-10-18-7-8-20(34(2,31)32)17-19(18)11-15-30/h3,5-9,12,17,26H,4,10-11,13-16H2,1-2H3. The fraction of sp³-hybridized carbons (Fsp3) is 0.360. The van der Waals surface area contributed by atoms with E-state index < -0.39 is 9.84 Å². The van der Waals surface area contributed by atoms with E-state index in [1.165, 1.54) is 17.4 Å². The zero-order chi connectivity index (χ0) is 23.7. The van der Waals surface area contributed by atoms with E-state index in [1.807, 2.05) is 31.4 Å². The van der Waals surface area contributed by atoms with Crippen LogP contribution in [0.4, 0.5) is 0 Å². The maximum Gasteiger partial charge on any atom is 0.191 e. The van der Waals surface area contributed by atoms with Crippen molar-refractivity contribution in [1.29, 1.82) is 0 Å². The predicted molar refractivity (Wildman–Crippen MR) is 137 cm³/mol. The van der Waals surface area contributed by atoms with Crippen LogP contribution in [-0.4, -0.2) is 64.7 Å². The van der Waals surface area contributed by atoms with Gasteiger partial charge in [0.1, 0.15) is 0 Å². The van der Waals surface area contributed by atoms with Crippen LogP contribution < -0.4 is 0 Å². The molecule has 7 nitrogen and oxygen atoms in total. The number of aromatic nitrogens is 4. The van der Waals surface area contributed by atoms with Gasteiger partial charge in [-0.1, -0.05) is 30.0 Å². The van der Waals surface area contributed by atoms with Gasteiger partial charge in [0, 0.05) is 54.8 Å². The van der Waals surface area contributed by atoms with E-state index >= 15 is 0 Å². The van der Waals surface area contributed by atoms with E-state index in [1.54, 1.807) is 17.8 Å². The van der Waals surface area contributed by atoms with Crippen molar-refractivity contribution in [2.75, 3.05) is 31.6 Å². The Kier molecular flexibility index (Phi) is 6.50. The molecule has 9 heteroatoms. The highest BCUT2D eigenvalue weighted by molar-refractivity contribution is 7.99. The Bertz CT molecular complexity index is 1420. The van der Waals surface area contributed by atoms with Crippen LogP contribution in [0.15, 0.2) is 58.7 Å². The van der Waals surface area contributed by atoms with E-state index in [9.17, 15) is 8.42 Å². The smallest absolute Gasteiger partial charge is 0.191 e. The lowest BCUT2D eigenvalue weighted by molar-refractivity contribution is 0.289. The molecule has 178 valence electrons. The number of nitrogens with zero attached hydrogens (tertiary/aromatic N) is 4. The third kappa shape index (κ3) is 4.78. The molecule has 1 aliphatic heterocycles. The topological polar surface area (TPSA) is 83.9 Å². The Morgan fingerprint density at radius 1 is 1.06 bits per heavy atom. The number of fused-ring (bicyclic) bond motifs is 2. The molecule has 1 aliphatic rings. The van der Waals surface area contributed by atoms with Crippen molar-refractivity contribution in [3.63, 3.8) is 0 Å². The summed E-state index contributed by atoms with van der Waals surface area (Å²) in [5, 5.41) is 11.0. The van der Waals surface area contributed by atoms with Crippen LogP contribution in [0.2, 0.25) is 0 Å². The van der Waals surface area contributed by atoms with Crippen LogP contribution in [0, 0.1) is 0 Å². The number of hydrogen-bond donors (Lipinski definition) is 1. The van der Waals surface area contributed by atoms with Gasteiger partial charge in [-0.25, -0.2) is 8.42 Å². The molecule has 0 bridgehead atoms. The van der Waals surface area contributed by atoms with Crippen LogP contribution in [0.1, 0.15) is 17.5 Å². The van der Waals surface area contributed by atoms with E-state index in [-0.39, 0.29) is 0 Å². The number of benzene rings is 2. The van der Waals surface area contributed by atoms with Gasteiger partial charge in [0.05, 0.1) is 4.90 Å². The first kappa shape index (κ1) is 23.1. The van der Waals surface area contributed by atoms with E-state index in [0.717, 1.165) is 72.1 Å². The molecule has 0 unspecified atom stereocenters. The summed E-state index contributed by atoms with van der Waals surface area (Å²) in [4.78, 5) is 6.16. The van der Waals surface area contributed by atoms with Gasteiger partial charge in [0.2, 0.25) is 0 Å². The molecule has 0 saturated carbocycles. The van der Waals surface area contributed by atoms with Gasteiger partial charge in [-0.15, -0.1) is 10.2 Å².